The lowest BCUT2D eigenvalue weighted by Gasteiger charge is -2.28. The second kappa shape index (κ2) is 7.98. The Morgan fingerprint density at radius 3 is 2.71 bits per heavy atom. The molecule has 2 aromatic carbocycles. The van der Waals surface area contributed by atoms with E-state index in [-0.39, 0.29) is 5.91 Å². The first-order valence-electron chi connectivity index (χ1n) is 9.63. The van der Waals surface area contributed by atoms with Crippen LogP contribution in [0.5, 0.6) is 0 Å². The van der Waals surface area contributed by atoms with Gasteiger partial charge in [-0.2, -0.15) is 5.10 Å². The Kier molecular flexibility index (Phi) is 5.26. The fourth-order valence-electron chi connectivity index (χ4n) is 3.76. The van der Waals surface area contributed by atoms with E-state index in [0.717, 1.165) is 34.4 Å². The maximum Gasteiger partial charge on any atom is 0.254 e. The minimum absolute atomic E-state index is 0.0781. The van der Waals surface area contributed by atoms with Gasteiger partial charge in [-0.3, -0.25) is 9.48 Å². The van der Waals surface area contributed by atoms with Gasteiger partial charge in [0.05, 0.1) is 18.9 Å². The van der Waals surface area contributed by atoms with Crippen molar-refractivity contribution in [1.82, 2.24) is 14.7 Å². The number of carbonyl (C=O) groups excluding carboxylic acids is 1. The molecule has 2 heterocycles. The van der Waals surface area contributed by atoms with Gasteiger partial charge in [0.2, 0.25) is 0 Å². The Morgan fingerprint density at radius 1 is 1.11 bits per heavy atom. The van der Waals surface area contributed by atoms with E-state index in [4.69, 9.17) is 4.74 Å². The van der Waals surface area contributed by atoms with Crippen LogP contribution < -0.4 is 0 Å². The molecule has 0 saturated heterocycles. The van der Waals surface area contributed by atoms with E-state index in [1.165, 1.54) is 5.69 Å². The normalized spacial score (nSPS) is 13.4. The predicted molar refractivity (Wildman–Crippen MR) is 108 cm³/mol. The molecule has 1 amide bonds. The van der Waals surface area contributed by atoms with Crippen LogP contribution in [0.1, 0.15) is 38.4 Å². The first-order valence-corrected chi connectivity index (χ1v) is 9.63. The lowest BCUT2D eigenvalue weighted by molar-refractivity contribution is 0.0728. The predicted octanol–water partition coefficient (Wildman–Crippen LogP) is 3.64. The molecular formula is C23H25N3O2. The van der Waals surface area contributed by atoms with Gasteiger partial charge in [0.1, 0.15) is 0 Å². The van der Waals surface area contributed by atoms with Crippen LogP contribution in [-0.4, -0.2) is 27.1 Å². The lowest BCUT2D eigenvalue weighted by atomic mass is 10.0. The minimum atomic E-state index is 0.0781. The highest BCUT2D eigenvalue weighted by Gasteiger charge is 2.27. The van der Waals surface area contributed by atoms with Crippen LogP contribution in [0.3, 0.4) is 0 Å². The molecule has 0 bridgehead atoms. The third kappa shape index (κ3) is 3.85. The van der Waals surface area contributed by atoms with Crippen molar-refractivity contribution >= 4 is 5.91 Å². The number of rotatable bonds is 5. The molecule has 0 saturated carbocycles. The van der Waals surface area contributed by atoms with E-state index in [0.29, 0.717) is 26.3 Å². The molecule has 4 rings (SSSR count). The van der Waals surface area contributed by atoms with Gasteiger partial charge in [-0.25, -0.2) is 0 Å². The number of hydrogen-bond acceptors (Lipinski definition) is 3. The summed E-state index contributed by atoms with van der Waals surface area (Å²) in [6, 6.07) is 17.9. The van der Waals surface area contributed by atoms with E-state index in [9.17, 15) is 4.79 Å². The molecule has 0 aliphatic carbocycles. The third-order valence-corrected chi connectivity index (χ3v) is 5.23. The van der Waals surface area contributed by atoms with E-state index in [2.05, 4.69) is 17.2 Å². The summed E-state index contributed by atoms with van der Waals surface area (Å²) in [5.74, 6) is 0.0781. The highest BCUT2D eigenvalue weighted by atomic mass is 16.5. The zero-order valence-corrected chi connectivity index (χ0v) is 16.4. The van der Waals surface area contributed by atoms with Crippen molar-refractivity contribution in [1.29, 1.82) is 0 Å². The number of aryl methyl sites for hydroxylation is 2. The number of benzene rings is 2. The van der Waals surface area contributed by atoms with Gasteiger partial charge in [0.25, 0.3) is 5.91 Å². The summed E-state index contributed by atoms with van der Waals surface area (Å²) >= 11 is 0. The lowest BCUT2D eigenvalue weighted by Crippen LogP contribution is -2.36. The summed E-state index contributed by atoms with van der Waals surface area (Å²) < 4.78 is 7.84. The van der Waals surface area contributed by atoms with E-state index < -0.39 is 0 Å². The van der Waals surface area contributed by atoms with Crippen molar-refractivity contribution in [2.45, 2.75) is 33.1 Å². The largest absolute Gasteiger partial charge is 0.370 e. The van der Waals surface area contributed by atoms with Gasteiger partial charge in [-0.05, 0) is 24.6 Å². The van der Waals surface area contributed by atoms with Crippen LogP contribution in [0, 0.1) is 6.92 Å². The fourth-order valence-corrected chi connectivity index (χ4v) is 3.76. The quantitative estimate of drug-likeness (QED) is 0.684. The van der Waals surface area contributed by atoms with Crippen molar-refractivity contribution in [2.24, 2.45) is 7.05 Å². The maximum absolute atomic E-state index is 12.9. The van der Waals surface area contributed by atoms with Crippen molar-refractivity contribution in [3.63, 3.8) is 0 Å². The van der Waals surface area contributed by atoms with Crippen LogP contribution in [0.4, 0.5) is 0 Å². The highest BCUT2D eigenvalue weighted by molar-refractivity contribution is 5.94. The first-order chi connectivity index (χ1) is 13.6. The van der Waals surface area contributed by atoms with Gasteiger partial charge >= 0.3 is 0 Å². The van der Waals surface area contributed by atoms with Crippen molar-refractivity contribution in [2.75, 3.05) is 6.54 Å². The van der Waals surface area contributed by atoms with Crippen molar-refractivity contribution in [3.05, 3.63) is 88.2 Å². The minimum Gasteiger partial charge on any atom is -0.370 e. The number of ether oxygens (including phenoxy) is 1. The smallest absolute Gasteiger partial charge is 0.254 e. The van der Waals surface area contributed by atoms with Crippen molar-refractivity contribution in [3.8, 4) is 0 Å². The summed E-state index contributed by atoms with van der Waals surface area (Å²) in [7, 11) is 1.97. The fraction of sp³-hybridized carbons (Fsp3) is 0.304. The second-order valence-corrected chi connectivity index (χ2v) is 7.32. The molecule has 1 aromatic heterocycles. The third-order valence-electron chi connectivity index (χ3n) is 5.23. The van der Waals surface area contributed by atoms with Crippen LogP contribution in [0.15, 0.2) is 54.6 Å². The molecule has 0 radical (unpaired) electrons. The number of hydrogen-bond donors (Lipinski definition) is 0. The molecule has 0 N–H and O–H groups in total. The van der Waals surface area contributed by atoms with E-state index in [1.807, 2.05) is 66.0 Å². The molecule has 5 nitrogen and oxygen atoms in total. The molecule has 144 valence electrons. The number of fused-ring (bicyclic) bond motifs is 1. The van der Waals surface area contributed by atoms with Crippen LogP contribution in [0.25, 0.3) is 0 Å². The molecule has 3 aromatic rings. The van der Waals surface area contributed by atoms with Gasteiger partial charge in [0.15, 0.2) is 0 Å². The number of aromatic nitrogens is 2. The van der Waals surface area contributed by atoms with Gasteiger partial charge < -0.3 is 9.64 Å². The second-order valence-electron chi connectivity index (χ2n) is 7.32. The first kappa shape index (κ1) is 18.4. The van der Waals surface area contributed by atoms with Gasteiger partial charge in [-0.1, -0.05) is 48.0 Å². The molecule has 0 fully saturated rings. The van der Waals surface area contributed by atoms with Crippen LogP contribution in [-0.2, 0) is 38.0 Å². The molecular weight excluding hydrogens is 350 g/mol. The average molecular weight is 375 g/mol. The van der Waals surface area contributed by atoms with Gasteiger partial charge in [-0.15, -0.1) is 0 Å². The Bertz CT molecular complexity index is 979. The SMILES string of the molecule is Cc1cccc(C(=O)N2CCc3c(c(COCc4ccccc4)nn3C)C2)c1. The van der Waals surface area contributed by atoms with Gasteiger partial charge in [0, 0.05) is 43.4 Å². The Labute approximate surface area is 165 Å². The van der Waals surface area contributed by atoms with Crippen molar-refractivity contribution < 1.29 is 9.53 Å². The molecule has 0 atom stereocenters. The monoisotopic (exact) mass is 375 g/mol. The molecule has 0 spiro atoms. The number of amides is 1. The Hall–Kier alpha value is -2.92. The topological polar surface area (TPSA) is 47.4 Å². The zero-order chi connectivity index (χ0) is 19.5. The maximum atomic E-state index is 12.9. The molecule has 0 unspecified atom stereocenters. The average Bonchev–Trinajstić information content (AvgIpc) is 3.03. The van der Waals surface area contributed by atoms with E-state index in [1.54, 1.807) is 0 Å². The number of nitrogens with zero attached hydrogens (tertiary/aromatic N) is 3. The zero-order valence-electron chi connectivity index (χ0n) is 16.4. The Balaban J connectivity index is 1.47. The summed E-state index contributed by atoms with van der Waals surface area (Å²) in [5, 5.41) is 4.66. The molecule has 1 aliphatic heterocycles. The molecule has 1 aliphatic rings. The van der Waals surface area contributed by atoms with Crippen LogP contribution >= 0.6 is 0 Å². The summed E-state index contributed by atoms with van der Waals surface area (Å²) in [5.41, 5.74) is 6.24. The standard InChI is InChI=1S/C23H25N3O2/c1-17-7-6-10-19(13-17)23(27)26-12-11-22-20(14-26)21(24-25(22)2)16-28-15-18-8-4-3-5-9-18/h3-10,13H,11-12,14-16H2,1-2H3. The van der Waals surface area contributed by atoms with Crippen LogP contribution in [0.2, 0.25) is 0 Å². The van der Waals surface area contributed by atoms with E-state index >= 15 is 0 Å². The highest BCUT2D eigenvalue weighted by Crippen LogP contribution is 2.24. The molecule has 5 heteroatoms. The summed E-state index contributed by atoms with van der Waals surface area (Å²) in [6.07, 6.45) is 0.815. The summed E-state index contributed by atoms with van der Waals surface area (Å²) in [4.78, 5) is 14.9. The summed E-state index contributed by atoms with van der Waals surface area (Å²) in [6.45, 7) is 4.31. The Morgan fingerprint density at radius 2 is 1.93 bits per heavy atom. The molecule has 28 heavy (non-hydrogen) atoms. The number of carbonyl (C=O) groups is 1.